The van der Waals surface area contributed by atoms with Crippen LogP contribution in [0.5, 0.6) is 0 Å². The van der Waals surface area contributed by atoms with Crippen LogP contribution in [0.3, 0.4) is 0 Å². The van der Waals surface area contributed by atoms with Crippen LogP contribution in [0.25, 0.3) is 10.8 Å². The molecular formula is C21H18ClNO3. The first-order valence-corrected chi connectivity index (χ1v) is 8.56. The summed E-state index contributed by atoms with van der Waals surface area (Å²) >= 11 is 6.00. The molecular weight excluding hydrogens is 350 g/mol. The lowest BCUT2D eigenvalue weighted by Gasteiger charge is -2.17. The van der Waals surface area contributed by atoms with Gasteiger partial charge in [0.2, 0.25) is 0 Å². The number of hydrogen-bond donors (Lipinski definition) is 1. The molecule has 3 aromatic carbocycles. The Bertz CT molecular complexity index is 955. The second-order valence-electron chi connectivity index (χ2n) is 5.95. The zero-order chi connectivity index (χ0) is 18.5. The normalized spacial score (nSPS) is 11.8. The van der Waals surface area contributed by atoms with E-state index in [4.69, 9.17) is 16.3 Å². The number of esters is 1. The summed E-state index contributed by atoms with van der Waals surface area (Å²) in [6.07, 6.45) is 0.298. The molecule has 4 nitrogen and oxygen atoms in total. The molecule has 0 spiro atoms. The lowest BCUT2D eigenvalue weighted by Crippen LogP contribution is -2.43. The molecule has 132 valence electrons. The van der Waals surface area contributed by atoms with Gasteiger partial charge in [-0.15, -0.1) is 0 Å². The maximum absolute atomic E-state index is 12.6. The van der Waals surface area contributed by atoms with Crippen molar-refractivity contribution in [3.05, 3.63) is 82.9 Å². The number of nitrogens with one attached hydrogen (secondary N) is 1. The molecule has 0 radical (unpaired) electrons. The Labute approximate surface area is 156 Å². The van der Waals surface area contributed by atoms with Crippen LogP contribution < -0.4 is 5.32 Å². The average Bonchev–Trinajstić information content (AvgIpc) is 2.66. The van der Waals surface area contributed by atoms with Crippen molar-refractivity contribution < 1.29 is 14.3 Å². The van der Waals surface area contributed by atoms with Gasteiger partial charge < -0.3 is 10.1 Å². The monoisotopic (exact) mass is 367 g/mol. The standard InChI is InChI=1S/C21H18ClNO3/c1-26-21(25)19(12-14-5-4-8-18(22)11-14)23-20(24)17-10-9-15-6-2-3-7-16(15)13-17/h2-11,13,19H,12H2,1H3,(H,23,24)/t19-/m0/s1. The molecule has 0 saturated heterocycles. The highest BCUT2D eigenvalue weighted by Gasteiger charge is 2.22. The van der Waals surface area contributed by atoms with Crippen molar-refractivity contribution in [1.82, 2.24) is 5.32 Å². The highest BCUT2D eigenvalue weighted by Crippen LogP contribution is 2.17. The van der Waals surface area contributed by atoms with Gasteiger partial charge >= 0.3 is 5.97 Å². The fraction of sp³-hybridized carbons (Fsp3) is 0.143. The summed E-state index contributed by atoms with van der Waals surface area (Å²) in [5.74, 6) is -0.827. The molecule has 1 atom stereocenters. The Morgan fingerprint density at radius 2 is 1.77 bits per heavy atom. The molecule has 1 N–H and O–H groups in total. The lowest BCUT2D eigenvalue weighted by molar-refractivity contribution is -0.142. The largest absolute Gasteiger partial charge is 0.467 e. The number of methoxy groups -OCH3 is 1. The highest BCUT2D eigenvalue weighted by atomic mass is 35.5. The van der Waals surface area contributed by atoms with Gasteiger partial charge in [-0.2, -0.15) is 0 Å². The van der Waals surface area contributed by atoms with Crippen molar-refractivity contribution in [2.24, 2.45) is 0 Å². The van der Waals surface area contributed by atoms with Gasteiger partial charge in [0.25, 0.3) is 5.91 Å². The molecule has 0 bridgehead atoms. The van der Waals surface area contributed by atoms with Gasteiger partial charge in [-0.05, 0) is 40.6 Å². The second-order valence-corrected chi connectivity index (χ2v) is 6.38. The van der Waals surface area contributed by atoms with E-state index in [9.17, 15) is 9.59 Å². The topological polar surface area (TPSA) is 55.4 Å². The average molecular weight is 368 g/mol. The Balaban J connectivity index is 1.80. The molecule has 0 aliphatic carbocycles. The van der Waals surface area contributed by atoms with Crippen molar-refractivity contribution in [2.45, 2.75) is 12.5 Å². The minimum absolute atomic E-state index is 0.298. The van der Waals surface area contributed by atoms with Crippen LogP contribution in [0.4, 0.5) is 0 Å². The quantitative estimate of drug-likeness (QED) is 0.693. The predicted molar refractivity (Wildman–Crippen MR) is 102 cm³/mol. The Morgan fingerprint density at radius 3 is 2.50 bits per heavy atom. The fourth-order valence-electron chi connectivity index (χ4n) is 2.81. The van der Waals surface area contributed by atoms with E-state index in [2.05, 4.69) is 5.32 Å². The number of hydrogen-bond acceptors (Lipinski definition) is 3. The Kier molecular flexibility index (Phi) is 5.54. The van der Waals surface area contributed by atoms with Gasteiger partial charge in [-0.1, -0.05) is 54.1 Å². The maximum atomic E-state index is 12.6. The number of amides is 1. The zero-order valence-corrected chi connectivity index (χ0v) is 15.0. The first-order chi connectivity index (χ1) is 12.6. The van der Waals surface area contributed by atoms with Crippen molar-refractivity contribution in [2.75, 3.05) is 7.11 Å². The summed E-state index contributed by atoms with van der Waals surface area (Å²) in [5, 5.41) is 5.35. The predicted octanol–water partition coefficient (Wildman–Crippen LogP) is 4.01. The minimum atomic E-state index is -0.794. The van der Waals surface area contributed by atoms with E-state index in [1.165, 1.54) is 7.11 Å². The molecule has 0 aromatic heterocycles. The highest BCUT2D eigenvalue weighted by molar-refractivity contribution is 6.30. The summed E-state index contributed by atoms with van der Waals surface area (Å²) in [4.78, 5) is 24.7. The van der Waals surface area contributed by atoms with Gasteiger partial charge in [0.1, 0.15) is 6.04 Å². The summed E-state index contributed by atoms with van der Waals surface area (Å²) in [6, 6.07) is 19.6. The number of ether oxygens (including phenoxy) is 1. The lowest BCUT2D eigenvalue weighted by atomic mass is 10.0. The smallest absolute Gasteiger partial charge is 0.328 e. The summed E-state index contributed by atoms with van der Waals surface area (Å²) in [7, 11) is 1.30. The van der Waals surface area contributed by atoms with Crippen LogP contribution >= 0.6 is 11.6 Å². The molecule has 0 heterocycles. The number of carbonyl (C=O) groups is 2. The maximum Gasteiger partial charge on any atom is 0.328 e. The number of rotatable bonds is 5. The molecule has 5 heteroatoms. The van der Waals surface area contributed by atoms with Crippen molar-refractivity contribution >= 4 is 34.2 Å². The third kappa shape index (κ3) is 4.21. The molecule has 26 heavy (non-hydrogen) atoms. The van der Waals surface area contributed by atoms with Gasteiger partial charge in [-0.3, -0.25) is 4.79 Å². The van der Waals surface area contributed by atoms with Crippen LogP contribution in [0.2, 0.25) is 5.02 Å². The molecule has 1 amide bonds. The SMILES string of the molecule is COC(=O)[C@H](Cc1cccc(Cl)c1)NC(=O)c1ccc2ccccc2c1. The molecule has 0 saturated carbocycles. The third-order valence-electron chi connectivity index (χ3n) is 4.13. The summed E-state index contributed by atoms with van der Waals surface area (Å²) in [6.45, 7) is 0. The second kappa shape index (κ2) is 8.02. The van der Waals surface area contributed by atoms with Crippen molar-refractivity contribution in [3.63, 3.8) is 0 Å². The minimum Gasteiger partial charge on any atom is -0.467 e. The number of carbonyl (C=O) groups excluding carboxylic acids is 2. The molecule has 3 rings (SSSR count). The first-order valence-electron chi connectivity index (χ1n) is 8.19. The van der Waals surface area contributed by atoms with E-state index in [-0.39, 0.29) is 5.91 Å². The molecule has 0 aliphatic heterocycles. The van der Waals surface area contributed by atoms with Crippen LogP contribution in [-0.4, -0.2) is 25.0 Å². The molecule has 0 fully saturated rings. The third-order valence-corrected chi connectivity index (χ3v) is 4.37. The number of benzene rings is 3. The van der Waals surface area contributed by atoms with E-state index in [1.54, 1.807) is 30.3 Å². The fourth-order valence-corrected chi connectivity index (χ4v) is 3.02. The van der Waals surface area contributed by atoms with Gasteiger partial charge in [-0.25, -0.2) is 4.79 Å². The number of halogens is 1. The van der Waals surface area contributed by atoms with E-state index in [0.29, 0.717) is 17.0 Å². The zero-order valence-electron chi connectivity index (χ0n) is 14.2. The molecule has 3 aromatic rings. The van der Waals surface area contributed by atoms with Gasteiger partial charge in [0, 0.05) is 17.0 Å². The summed E-state index contributed by atoms with van der Waals surface area (Å²) < 4.78 is 4.84. The van der Waals surface area contributed by atoms with Crippen LogP contribution in [-0.2, 0) is 16.0 Å². The van der Waals surface area contributed by atoms with Crippen LogP contribution in [0, 0.1) is 0 Å². The first kappa shape index (κ1) is 18.0. The van der Waals surface area contributed by atoms with Crippen LogP contribution in [0.1, 0.15) is 15.9 Å². The van der Waals surface area contributed by atoms with Crippen LogP contribution in [0.15, 0.2) is 66.7 Å². The molecule has 0 aliphatic rings. The number of fused-ring (bicyclic) bond motifs is 1. The van der Waals surface area contributed by atoms with E-state index in [0.717, 1.165) is 16.3 Å². The van der Waals surface area contributed by atoms with Gasteiger partial charge in [0.05, 0.1) is 7.11 Å². The van der Waals surface area contributed by atoms with Crippen molar-refractivity contribution in [1.29, 1.82) is 0 Å². The Hall–Kier alpha value is -2.85. The van der Waals surface area contributed by atoms with Gasteiger partial charge in [0.15, 0.2) is 0 Å². The summed E-state index contributed by atoms with van der Waals surface area (Å²) in [5.41, 5.74) is 1.33. The molecule has 0 unspecified atom stereocenters. The van der Waals surface area contributed by atoms with E-state index in [1.807, 2.05) is 36.4 Å². The Morgan fingerprint density at radius 1 is 1.00 bits per heavy atom. The van der Waals surface area contributed by atoms with Crippen molar-refractivity contribution in [3.8, 4) is 0 Å². The van der Waals surface area contributed by atoms with E-state index < -0.39 is 12.0 Å². The van der Waals surface area contributed by atoms with E-state index >= 15 is 0 Å².